The summed E-state index contributed by atoms with van der Waals surface area (Å²) in [6.07, 6.45) is 3.67. The fraction of sp³-hybridized carbons (Fsp3) is 0.625. The molecule has 118 valence electrons. The molecule has 2 unspecified atom stereocenters. The number of nitrogens with one attached hydrogen (secondary N) is 1. The molecule has 0 spiro atoms. The van der Waals surface area contributed by atoms with Gasteiger partial charge in [-0.2, -0.15) is 5.10 Å². The smallest absolute Gasteiger partial charge is 0.343 e. The largest absolute Gasteiger partial charge is 0.464 e. The molecular weight excluding hydrogens is 280 g/mol. The highest BCUT2D eigenvalue weighted by atomic mass is 16.3. The first-order chi connectivity index (χ1) is 10.6. The molecule has 6 nitrogen and oxygen atoms in total. The Hall–Kier alpha value is -1.82. The minimum atomic E-state index is -0.159. The summed E-state index contributed by atoms with van der Waals surface area (Å²) in [5.41, 5.74) is -0.159. The van der Waals surface area contributed by atoms with Crippen LogP contribution in [-0.2, 0) is 20.1 Å². The first-order valence-corrected chi connectivity index (χ1v) is 8.05. The number of hydrogen-bond acceptors (Lipinski definition) is 4. The molecule has 6 heteroatoms. The summed E-state index contributed by atoms with van der Waals surface area (Å²) in [6.45, 7) is 3.71. The fourth-order valence-corrected chi connectivity index (χ4v) is 3.07. The normalized spacial score (nSPS) is 24.1. The lowest BCUT2D eigenvalue weighted by molar-refractivity contribution is 0.217. The quantitative estimate of drug-likeness (QED) is 0.886. The van der Waals surface area contributed by atoms with Gasteiger partial charge in [-0.15, -0.1) is 0 Å². The SMILES string of the molecule is CC1CC1c1ccc(CN(Cc2nn(C)c(=O)[nH]2)C2CC2)o1. The highest BCUT2D eigenvalue weighted by molar-refractivity contribution is 5.17. The topological polar surface area (TPSA) is 67.1 Å². The van der Waals surface area contributed by atoms with Gasteiger partial charge in [0.2, 0.25) is 0 Å². The van der Waals surface area contributed by atoms with E-state index >= 15 is 0 Å². The summed E-state index contributed by atoms with van der Waals surface area (Å²) < 4.78 is 7.36. The van der Waals surface area contributed by atoms with Crippen molar-refractivity contribution >= 4 is 0 Å². The van der Waals surface area contributed by atoms with Crippen molar-refractivity contribution in [2.75, 3.05) is 0 Å². The Balaban J connectivity index is 1.45. The summed E-state index contributed by atoms with van der Waals surface area (Å²) >= 11 is 0. The van der Waals surface area contributed by atoms with Crippen molar-refractivity contribution in [1.29, 1.82) is 0 Å². The van der Waals surface area contributed by atoms with Gasteiger partial charge in [0.05, 0.1) is 13.1 Å². The Morgan fingerprint density at radius 3 is 2.77 bits per heavy atom. The van der Waals surface area contributed by atoms with Crippen LogP contribution in [0.25, 0.3) is 0 Å². The summed E-state index contributed by atoms with van der Waals surface area (Å²) in [4.78, 5) is 16.6. The van der Waals surface area contributed by atoms with E-state index in [9.17, 15) is 4.79 Å². The molecule has 2 aromatic heterocycles. The summed E-state index contributed by atoms with van der Waals surface area (Å²) in [5.74, 6) is 4.25. The molecule has 0 bridgehead atoms. The molecule has 2 saturated carbocycles. The van der Waals surface area contributed by atoms with Crippen LogP contribution in [-0.4, -0.2) is 25.7 Å². The molecule has 0 saturated heterocycles. The van der Waals surface area contributed by atoms with Crippen molar-refractivity contribution in [1.82, 2.24) is 19.7 Å². The fourth-order valence-electron chi connectivity index (χ4n) is 3.07. The number of nitrogens with zero attached hydrogens (tertiary/aromatic N) is 3. The molecular formula is C16H22N4O2. The molecule has 2 aliphatic rings. The van der Waals surface area contributed by atoms with Crippen LogP contribution in [0.3, 0.4) is 0 Å². The van der Waals surface area contributed by atoms with Crippen LogP contribution in [0, 0.1) is 5.92 Å². The number of furan rings is 1. The van der Waals surface area contributed by atoms with E-state index in [1.54, 1.807) is 7.05 Å². The zero-order valence-electron chi connectivity index (χ0n) is 13.1. The van der Waals surface area contributed by atoms with Gasteiger partial charge >= 0.3 is 5.69 Å². The highest BCUT2D eigenvalue weighted by Gasteiger charge is 2.37. The molecule has 2 aromatic rings. The second-order valence-electron chi connectivity index (χ2n) is 6.76. The number of aromatic amines is 1. The average molecular weight is 302 g/mol. The van der Waals surface area contributed by atoms with E-state index in [1.165, 1.54) is 23.9 Å². The van der Waals surface area contributed by atoms with Crippen molar-refractivity contribution in [3.8, 4) is 0 Å². The van der Waals surface area contributed by atoms with Gasteiger partial charge in [0.15, 0.2) is 0 Å². The Morgan fingerprint density at radius 2 is 2.18 bits per heavy atom. The number of hydrogen-bond donors (Lipinski definition) is 1. The molecule has 2 fully saturated rings. The minimum absolute atomic E-state index is 0.159. The monoisotopic (exact) mass is 302 g/mol. The van der Waals surface area contributed by atoms with Crippen LogP contribution in [0.4, 0.5) is 0 Å². The predicted octanol–water partition coefficient (Wildman–Crippen LogP) is 1.99. The molecule has 2 aliphatic carbocycles. The van der Waals surface area contributed by atoms with E-state index in [-0.39, 0.29) is 5.69 Å². The number of aryl methyl sites for hydroxylation is 1. The Kier molecular flexibility index (Phi) is 3.22. The van der Waals surface area contributed by atoms with Crippen LogP contribution < -0.4 is 5.69 Å². The van der Waals surface area contributed by atoms with Gasteiger partial charge in [-0.25, -0.2) is 9.48 Å². The molecule has 0 amide bonds. The summed E-state index contributed by atoms with van der Waals surface area (Å²) in [6, 6.07) is 4.80. The third kappa shape index (κ3) is 2.75. The lowest BCUT2D eigenvalue weighted by Gasteiger charge is -2.19. The summed E-state index contributed by atoms with van der Waals surface area (Å²) in [7, 11) is 1.67. The second kappa shape index (κ2) is 5.12. The number of rotatable bonds is 6. The average Bonchev–Trinajstić information content (AvgIpc) is 3.37. The molecule has 22 heavy (non-hydrogen) atoms. The Morgan fingerprint density at radius 1 is 1.41 bits per heavy atom. The van der Waals surface area contributed by atoms with Crippen LogP contribution in [0.2, 0.25) is 0 Å². The van der Waals surface area contributed by atoms with Gasteiger partial charge in [-0.05, 0) is 37.3 Å². The van der Waals surface area contributed by atoms with Gasteiger partial charge < -0.3 is 4.42 Å². The maximum absolute atomic E-state index is 11.5. The van der Waals surface area contributed by atoms with E-state index in [0.717, 1.165) is 29.8 Å². The van der Waals surface area contributed by atoms with Crippen molar-refractivity contribution in [3.05, 3.63) is 40.0 Å². The van der Waals surface area contributed by atoms with Gasteiger partial charge in [0, 0.05) is 19.0 Å². The minimum Gasteiger partial charge on any atom is -0.464 e. The molecule has 1 N–H and O–H groups in total. The van der Waals surface area contributed by atoms with E-state index in [2.05, 4.69) is 34.0 Å². The van der Waals surface area contributed by atoms with Crippen molar-refractivity contribution in [2.45, 2.75) is 51.2 Å². The highest BCUT2D eigenvalue weighted by Crippen LogP contribution is 2.47. The lowest BCUT2D eigenvalue weighted by Crippen LogP contribution is -2.25. The first kappa shape index (κ1) is 13.8. The van der Waals surface area contributed by atoms with E-state index in [1.807, 2.05) is 0 Å². The first-order valence-electron chi connectivity index (χ1n) is 8.05. The van der Waals surface area contributed by atoms with E-state index in [4.69, 9.17) is 4.42 Å². The third-order valence-electron chi connectivity index (χ3n) is 4.75. The van der Waals surface area contributed by atoms with E-state index in [0.29, 0.717) is 18.5 Å². The second-order valence-corrected chi connectivity index (χ2v) is 6.76. The molecule has 4 rings (SSSR count). The molecule has 0 aromatic carbocycles. The van der Waals surface area contributed by atoms with Gasteiger partial charge in [-0.1, -0.05) is 6.92 Å². The number of aromatic nitrogens is 3. The van der Waals surface area contributed by atoms with Gasteiger partial charge in [0.25, 0.3) is 0 Å². The van der Waals surface area contributed by atoms with Crippen molar-refractivity contribution in [2.24, 2.45) is 13.0 Å². The van der Waals surface area contributed by atoms with Crippen molar-refractivity contribution < 1.29 is 4.42 Å². The van der Waals surface area contributed by atoms with Gasteiger partial charge in [-0.3, -0.25) is 9.88 Å². The van der Waals surface area contributed by atoms with Crippen LogP contribution in [0.5, 0.6) is 0 Å². The summed E-state index contributed by atoms with van der Waals surface area (Å²) in [5, 5.41) is 4.23. The standard InChI is InChI=1S/C16H22N4O2/c1-10-7-13(10)14-6-5-12(22-14)8-20(11-3-4-11)9-15-17-16(21)19(2)18-15/h5-6,10-11,13H,3-4,7-9H2,1-2H3,(H,17,18,21). The van der Waals surface area contributed by atoms with Crippen molar-refractivity contribution in [3.63, 3.8) is 0 Å². The van der Waals surface area contributed by atoms with Gasteiger partial charge in [0.1, 0.15) is 17.3 Å². The molecule has 0 aliphatic heterocycles. The Labute approximate surface area is 129 Å². The Bertz CT molecular complexity index is 725. The molecule has 0 radical (unpaired) electrons. The van der Waals surface area contributed by atoms with Crippen LogP contribution in [0.1, 0.15) is 49.4 Å². The number of H-pyrrole nitrogens is 1. The zero-order chi connectivity index (χ0) is 15.3. The van der Waals surface area contributed by atoms with Crippen LogP contribution >= 0.6 is 0 Å². The zero-order valence-corrected chi connectivity index (χ0v) is 13.1. The predicted molar refractivity (Wildman–Crippen MR) is 81.3 cm³/mol. The maximum Gasteiger partial charge on any atom is 0.343 e. The molecule has 2 atom stereocenters. The lowest BCUT2D eigenvalue weighted by atomic mass is 10.3. The molecule has 2 heterocycles. The maximum atomic E-state index is 11.5. The third-order valence-corrected chi connectivity index (χ3v) is 4.75. The van der Waals surface area contributed by atoms with E-state index < -0.39 is 0 Å². The van der Waals surface area contributed by atoms with Crippen LogP contribution in [0.15, 0.2) is 21.3 Å².